The fourth-order valence-electron chi connectivity index (χ4n) is 0.953. The second kappa shape index (κ2) is 4.13. The molecule has 6 nitrogen and oxygen atoms in total. The first-order valence-corrected chi connectivity index (χ1v) is 3.75. The van der Waals surface area contributed by atoms with E-state index in [9.17, 15) is 0 Å². The molecule has 1 aromatic carbocycles. The third-order valence-electron chi connectivity index (χ3n) is 1.67. The summed E-state index contributed by atoms with van der Waals surface area (Å²) in [5.74, 6) is -0.0600. The molecule has 0 radical (unpaired) electrons. The van der Waals surface area contributed by atoms with E-state index < -0.39 is 0 Å². The van der Waals surface area contributed by atoms with Crippen molar-refractivity contribution >= 4 is 11.7 Å². The third kappa shape index (κ3) is 1.92. The van der Waals surface area contributed by atoms with Gasteiger partial charge in [-0.3, -0.25) is 0 Å². The maximum Gasteiger partial charge on any atom is 0.170 e. The second-order valence-corrected chi connectivity index (χ2v) is 2.55. The van der Waals surface area contributed by atoms with Crippen molar-refractivity contribution in [1.82, 2.24) is 0 Å². The molecular weight excluding hydrogens is 184 g/mol. The van der Waals surface area contributed by atoms with Crippen molar-refractivity contribution in [3.63, 3.8) is 0 Å². The number of hydrogen-bond donors (Lipinski definition) is 4. The van der Waals surface area contributed by atoms with E-state index in [2.05, 4.69) is 10.3 Å². The first-order chi connectivity index (χ1) is 6.69. The highest BCUT2D eigenvalue weighted by molar-refractivity contribution is 6.02. The van der Waals surface area contributed by atoms with Crippen LogP contribution in [0.1, 0.15) is 11.1 Å². The van der Waals surface area contributed by atoms with E-state index in [-0.39, 0.29) is 11.7 Å². The van der Waals surface area contributed by atoms with Gasteiger partial charge in [0.25, 0.3) is 0 Å². The summed E-state index contributed by atoms with van der Waals surface area (Å²) >= 11 is 0. The smallest absolute Gasteiger partial charge is 0.170 e. The van der Waals surface area contributed by atoms with E-state index in [0.29, 0.717) is 11.1 Å². The molecule has 0 atom stereocenters. The number of amidine groups is 2. The van der Waals surface area contributed by atoms with Crippen LogP contribution >= 0.6 is 0 Å². The van der Waals surface area contributed by atoms with E-state index in [4.69, 9.17) is 21.9 Å². The van der Waals surface area contributed by atoms with Crippen LogP contribution in [-0.2, 0) is 0 Å². The Labute approximate surface area is 80.1 Å². The Balaban J connectivity index is 3.14. The Kier molecular flexibility index (Phi) is 2.90. The van der Waals surface area contributed by atoms with Crippen LogP contribution < -0.4 is 11.5 Å². The van der Waals surface area contributed by atoms with Gasteiger partial charge in [-0.1, -0.05) is 28.5 Å². The topological polar surface area (TPSA) is 117 Å². The van der Waals surface area contributed by atoms with Crippen molar-refractivity contribution in [1.29, 1.82) is 0 Å². The van der Waals surface area contributed by atoms with Crippen LogP contribution in [0.5, 0.6) is 0 Å². The third-order valence-corrected chi connectivity index (χ3v) is 1.67. The van der Waals surface area contributed by atoms with Gasteiger partial charge in [-0.15, -0.1) is 0 Å². The van der Waals surface area contributed by atoms with Gasteiger partial charge in [-0.25, -0.2) is 0 Å². The highest BCUT2D eigenvalue weighted by Crippen LogP contribution is 2.04. The summed E-state index contributed by atoms with van der Waals surface area (Å²) in [4.78, 5) is 0. The Bertz CT molecular complexity index is 353. The lowest BCUT2D eigenvalue weighted by molar-refractivity contribution is 0.318. The molecule has 6 heteroatoms. The molecule has 0 aliphatic heterocycles. The summed E-state index contributed by atoms with van der Waals surface area (Å²) in [6, 6.07) is 6.48. The molecule has 6 N–H and O–H groups in total. The number of nitrogens with zero attached hydrogens (tertiary/aromatic N) is 2. The molecule has 0 amide bonds. The molecule has 0 saturated carbocycles. The standard InChI is InChI=1S/C8H10N4O2/c9-7(11-13)5-2-1-3-6(4-5)8(10)12-14/h1-4,13-14H,(H2,9,11)(H2,10,12). The maximum atomic E-state index is 8.43. The predicted octanol–water partition coefficient (Wildman–Crippen LogP) is -0.124. The van der Waals surface area contributed by atoms with Crippen LogP contribution in [0.2, 0.25) is 0 Å². The van der Waals surface area contributed by atoms with Gasteiger partial charge in [-0.2, -0.15) is 0 Å². The lowest BCUT2D eigenvalue weighted by atomic mass is 10.1. The van der Waals surface area contributed by atoms with Crippen molar-refractivity contribution < 1.29 is 10.4 Å². The zero-order valence-corrected chi connectivity index (χ0v) is 7.25. The minimum atomic E-state index is -0.0300. The summed E-state index contributed by atoms with van der Waals surface area (Å²) in [7, 11) is 0. The fraction of sp³-hybridized carbons (Fsp3) is 0. The quantitative estimate of drug-likeness (QED) is 0.227. The van der Waals surface area contributed by atoms with Crippen molar-refractivity contribution in [2.24, 2.45) is 21.8 Å². The monoisotopic (exact) mass is 194 g/mol. The van der Waals surface area contributed by atoms with Crippen molar-refractivity contribution in [2.45, 2.75) is 0 Å². The molecule has 0 aromatic heterocycles. The van der Waals surface area contributed by atoms with Gasteiger partial charge < -0.3 is 21.9 Å². The van der Waals surface area contributed by atoms with E-state index in [1.165, 1.54) is 0 Å². The lowest BCUT2D eigenvalue weighted by Crippen LogP contribution is -2.17. The number of benzene rings is 1. The Morgan fingerprint density at radius 1 is 1.00 bits per heavy atom. The number of rotatable bonds is 2. The van der Waals surface area contributed by atoms with Gasteiger partial charge in [0.1, 0.15) is 0 Å². The molecule has 1 rings (SSSR count). The first-order valence-electron chi connectivity index (χ1n) is 3.75. The largest absolute Gasteiger partial charge is 0.409 e. The van der Waals surface area contributed by atoms with Crippen LogP contribution in [0, 0.1) is 0 Å². The average molecular weight is 194 g/mol. The van der Waals surface area contributed by atoms with E-state index in [0.717, 1.165) is 0 Å². The van der Waals surface area contributed by atoms with Crippen LogP contribution in [0.4, 0.5) is 0 Å². The van der Waals surface area contributed by atoms with Crippen molar-refractivity contribution in [3.8, 4) is 0 Å². The molecule has 0 unspecified atom stereocenters. The zero-order valence-electron chi connectivity index (χ0n) is 7.25. The van der Waals surface area contributed by atoms with Gasteiger partial charge in [0.2, 0.25) is 0 Å². The molecule has 0 heterocycles. The van der Waals surface area contributed by atoms with Crippen LogP contribution in [0.3, 0.4) is 0 Å². The molecule has 74 valence electrons. The van der Waals surface area contributed by atoms with Gasteiger partial charge in [0.05, 0.1) is 0 Å². The Hall–Kier alpha value is -2.24. The fourth-order valence-corrected chi connectivity index (χ4v) is 0.953. The molecular formula is C8H10N4O2. The Morgan fingerprint density at radius 3 is 1.79 bits per heavy atom. The lowest BCUT2D eigenvalue weighted by Gasteiger charge is -2.01. The highest BCUT2D eigenvalue weighted by Gasteiger charge is 2.03. The predicted molar refractivity (Wildman–Crippen MR) is 51.5 cm³/mol. The minimum absolute atomic E-state index is 0.0300. The summed E-state index contributed by atoms with van der Waals surface area (Å²) in [6.07, 6.45) is 0. The molecule has 0 spiro atoms. The molecule has 0 bridgehead atoms. The summed E-state index contributed by atoms with van der Waals surface area (Å²) in [6.45, 7) is 0. The molecule has 14 heavy (non-hydrogen) atoms. The van der Waals surface area contributed by atoms with Crippen molar-refractivity contribution in [2.75, 3.05) is 0 Å². The molecule has 0 aliphatic rings. The first kappa shape index (κ1) is 9.85. The highest BCUT2D eigenvalue weighted by atomic mass is 16.4. The van der Waals surface area contributed by atoms with E-state index in [1.54, 1.807) is 24.3 Å². The molecule has 0 saturated heterocycles. The minimum Gasteiger partial charge on any atom is -0.409 e. The molecule has 0 aliphatic carbocycles. The number of hydrogen-bond acceptors (Lipinski definition) is 4. The average Bonchev–Trinajstić information content (AvgIpc) is 2.27. The molecule has 1 aromatic rings. The Morgan fingerprint density at radius 2 is 1.43 bits per heavy atom. The van der Waals surface area contributed by atoms with Gasteiger partial charge in [-0.05, 0) is 6.07 Å². The van der Waals surface area contributed by atoms with Gasteiger partial charge in [0.15, 0.2) is 11.7 Å². The number of nitrogens with two attached hydrogens (primary N) is 2. The van der Waals surface area contributed by atoms with Crippen molar-refractivity contribution in [3.05, 3.63) is 35.4 Å². The van der Waals surface area contributed by atoms with Gasteiger partial charge in [0, 0.05) is 11.1 Å². The summed E-state index contributed by atoms with van der Waals surface area (Å²) < 4.78 is 0. The van der Waals surface area contributed by atoms with E-state index in [1.807, 2.05) is 0 Å². The normalized spacial score (nSPS) is 12.9. The van der Waals surface area contributed by atoms with Crippen LogP contribution in [0.25, 0.3) is 0 Å². The van der Waals surface area contributed by atoms with E-state index >= 15 is 0 Å². The molecule has 0 fully saturated rings. The SMILES string of the molecule is NC(=NO)c1cccc(C(N)=NO)c1. The maximum absolute atomic E-state index is 8.43. The van der Waals surface area contributed by atoms with Crippen LogP contribution in [-0.4, -0.2) is 22.1 Å². The van der Waals surface area contributed by atoms with Gasteiger partial charge >= 0.3 is 0 Å². The summed E-state index contributed by atoms with van der Waals surface area (Å²) in [5, 5.41) is 22.5. The van der Waals surface area contributed by atoms with Crippen LogP contribution in [0.15, 0.2) is 34.6 Å². The summed E-state index contributed by atoms with van der Waals surface area (Å²) in [5.41, 5.74) is 11.7. The second-order valence-electron chi connectivity index (χ2n) is 2.55. The number of oxime groups is 2. The zero-order chi connectivity index (χ0) is 10.6.